The number of nitrogens with one attached hydrogen (secondary N) is 1. The molecule has 1 N–H and O–H groups in total. The highest BCUT2D eigenvalue weighted by atomic mass is 35.5. The van der Waals surface area contributed by atoms with Crippen LogP contribution in [0.1, 0.15) is 60.4 Å². The fourth-order valence-electron chi connectivity index (χ4n) is 6.97. The first-order chi connectivity index (χ1) is 19.9. The van der Waals surface area contributed by atoms with Crippen LogP contribution in [0, 0.1) is 17.5 Å². The van der Waals surface area contributed by atoms with Gasteiger partial charge in [-0.1, -0.05) is 29.3 Å². The summed E-state index contributed by atoms with van der Waals surface area (Å²) in [4.78, 5) is 30.2. The third kappa shape index (κ3) is 6.44. The van der Waals surface area contributed by atoms with Gasteiger partial charge in [0.15, 0.2) is 23.0 Å². The molecule has 0 radical (unpaired) electrons. The zero-order valence-corrected chi connectivity index (χ0v) is 26.0. The van der Waals surface area contributed by atoms with Gasteiger partial charge in [-0.2, -0.15) is 0 Å². The van der Waals surface area contributed by atoms with Crippen molar-refractivity contribution in [1.82, 2.24) is 15.1 Å². The van der Waals surface area contributed by atoms with E-state index in [1.807, 2.05) is 20.2 Å². The lowest BCUT2D eigenvalue weighted by atomic mass is 9.79. The van der Waals surface area contributed by atoms with Gasteiger partial charge in [-0.05, 0) is 49.1 Å². The summed E-state index contributed by atoms with van der Waals surface area (Å²) < 4.78 is 42.7. The minimum atomic E-state index is -1.68. The van der Waals surface area contributed by atoms with E-state index >= 15 is 0 Å². The Hall–Kier alpha value is -2.33. The van der Waals surface area contributed by atoms with Crippen LogP contribution in [0.5, 0.6) is 0 Å². The summed E-state index contributed by atoms with van der Waals surface area (Å²) in [5.41, 5.74) is -0.231. The number of quaternary nitrogens is 1. The number of nitrogens with zero attached hydrogens (tertiary/aromatic N) is 3. The first-order valence-electron chi connectivity index (χ1n) is 14.5. The van der Waals surface area contributed by atoms with Gasteiger partial charge in [0.05, 0.1) is 35.2 Å². The average Bonchev–Trinajstić information content (AvgIpc) is 2.99. The molecule has 0 bridgehead atoms. The van der Waals surface area contributed by atoms with E-state index < -0.39 is 34.5 Å². The van der Waals surface area contributed by atoms with E-state index in [0.29, 0.717) is 27.5 Å². The normalized spacial score (nSPS) is 18.8. The van der Waals surface area contributed by atoms with Gasteiger partial charge in [-0.15, -0.1) is 0 Å². The van der Waals surface area contributed by atoms with Crippen LogP contribution in [-0.4, -0.2) is 92.0 Å². The molecule has 2 heterocycles. The second-order valence-corrected chi connectivity index (χ2v) is 12.7. The van der Waals surface area contributed by atoms with E-state index in [1.54, 1.807) is 17.0 Å². The predicted octanol–water partition coefficient (Wildman–Crippen LogP) is 5.87. The van der Waals surface area contributed by atoms with E-state index in [4.69, 9.17) is 23.2 Å². The molecule has 0 aromatic heterocycles. The number of carbonyl (C=O) groups excluding carboxylic acids is 2. The Bertz CT molecular complexity index is 1300. The minimum absolute atomic E-state index is 0.151. The van der Waals surface area contributed by atoms with Crippen molar-refractivity contribution < 1.29 is 27.2 Å². The topological polar surface area (TPSA) is 52.7 Å². The van der Waals surface area contributed by atoms with Crippen molar-refractivity contribution in [2.45, 2.75) is 50.0 Å². The fourth-order valence-corrected chi connectivity index (χ4v) is 7.28. The van der Waals surface area contributed by atoms with Crippen molar-refractivity contribution in [3.8, 4) is 0 Å². The van der Waals surface area contributed by atoms with E-state index in [9.17, 15) is 22.8 Å². The molecule has 11 heteroatoms. The maximum atomic E-state index is 14.5. The first-order valence-corrected chi connectivity index (χ1v) is 15.3. The lowest BCUT2D eigenvalue weighted by molar-refractivity contribution is -0.972. The summed E-state index contributed by atoms with van der Waals surface area (Å²) in [5, 5.41) is 4.20. The van der Waals surface area contributed by atoms with Crippen LogP contribution < -0.4 is 5.32 Å². The van der Waals surface area contributed by atoms with Crippen LogP contribution in [0.4, 0.5) is 13.2 Å². The second-order valence-electron chi connectivity index (χ2n) is 11.9. The molecule has 1 unspecified atom stereocenters. The Morgan fingerprint density at radius 2 is 1.62 bits per heavy atom. The third-order valence-corrected chi connectivity index (χ3v) is 9.98. The summed E-state index contributed by atoms with van der Waals surface area (Å²) in [6.07, 6.45) is 5.29. The molecule has 2 saturated heterocycles. The van der Waals surface area contributed by atoms with Crippen LogP contribution >= 0.6 is 23.2 Å². The Morgan fingerprint density at radius 1 is 0.952 bits per heavy atom. The zero-order valence-electron chi connectivity index (χ0n) is 24.5. The second kappa shape index (κ2) is 13.5. The molecule has 6 nitrogen and oxygen atoms in total. The van der Waals surface area contributed by atoms with Crippen LogP contribution in [0.2, 0.25) is 10.0 Å². The Labute approximate surface area is 256 Å². The summed E-state index contributed by atoms with van der Waals surface area (Å²) in [6.45, 7) is 4.20. The minimum Gasteiger partial charge on any atom is -0.343 e. The quantitative estimate of drug-likeness (QED) is 0.280. The Kier molecular flexibility index (Phi) is 10.5. The van der Waals surface area contributed by atoms with Crippen LogP contribution in [0.25, 0.3) is 0 Å². The number of likely N-dealkylation sites (tertiary alicyclic amines) is 1. The monoisotopic (exact) mass is 627 g/mol. The van der Waals surface area contributed by atoms with Gasteiger partial charge in [0.25, 0.3) is 11.8 Å². The molecular formula is C31H40Cl2F3N4O2+. The Balaban J connectivity index is 1.67. The molecule has 2 aromatic carbocycles. The van der Waals surface area contributed by atoms with Crippen LogP contribution in [-0.2, 0) is 4.79 Å². The van der Waals surface area contributed by atoms with E-state index in [-0.39, 0.29) is 18.4 Å². The zero-order chi connectivity index (χ0) is 30.7. The van der Waals surface area contributed by atoms with Crippen molar-refractivity contribution in [2.75, 3.05) is 60.4 Å². The number of likely N-dealkylation sites (N-methyl/N-ethyl adjacent to an activating group) is 2. The van der Waals surface area contributed by atoms with Crippen molar-refractivity contribution >= 4 is 35.0 Å². The lowest BCUT2D eigenvalue weighted by Gasteiger charge is -2.56. The number of rotatable bonds is 9. The molecule has 2 aliphatic rings. The molecule has 2 aromatic rings. The summed E-state index contributed by atoms with van der Waals surface area (Å²) in [6, 6.07) is 7.05. The van der Waals surface area contributed by atoms with Gasteiger partial charge in [-0.25, -0.2) is 13.2 Å². The van der Waals surface area contributed by atoms with E-state index in [0.717, 1.165) is 76.0 Å². The first kappa shape index (κ1) is 32.6. The standard InChI is InChI=1S/C31H40Cl2F3N4O2/c1-38(2)30(42)31(12-14-37-15-13-31)40(16-5-4-6-17-40)18-11-22(21-7-9-24(32)25(33)19-21)20-39(3)29(41)23-8-10-26(34)28(36)27(23)35/h7-10,19,22,37H,4-6,11-18,20H2,1-3H3/q+1. The number of benzene rings is 2. The van der Waals surface area contributed by atoms with Crippen molar-refractivity contribution in [3.63, 3.8) is 0 Å². The highest BCUT2D eigenvalue weighted by Gasteiger charge is 2.57. The van der Waals surface area contributed by atoms with Gasteiger partial charge in [-0.3, -0.25) is 9.59 Å². The molecule has 4 rings (SSSR count). The SMILES string of the molecule is CN(C)C(=O)C1([N+]2(CCC(CN(C)C(=O)c3ccc(F)c(F)c3F)c3ccc(Cl)c(Cl)c3)CCCCC2)CCNCC1. The maximum absolute atomic E-state index is 14.5. The summed E-state index contributed by atoms with van der Waals surface area (Å²) in [7, 11) is 5.16. The molecule has 230 valence electrons. The highest BCUT2D eigenvalue weighted by molar-refractivity contribution is 6.42. The van der Waals surface area contributed by atoms with Gasteiger partial charge in [0.2, 0.25) is 0 Å². The van der Waals surface area contributed by atoms with Gasteiger partial charge in [0.1, 0.15) is 0 Å². The molecule has 0 saturated carbocycles. The molecule has 42 heavy (non-hydrogen) atoms. The highest BCUT2D eigenvalue weighted by Crippen LogP contribution is 2.40. The van der Waals surface area contributed by atoms with Crippen molar-refractivity contribution in [3.05, 3.63) is 69.0 Å². The van der Waals surface area contributed by atoms with Crippen LogP contribution in [0.3, 0.4) is 0 Å². The number of halogens is 5. The van der Waals surface area contributed by atoms with Gasteiger partial charge >= 0.3 is 0 Å². The molecule has 2 aliphatic heterocycles. The Morgan fingerprint density at radius 3 is 2.24 bits per heavy atom. The number of hydrogen-bond donors (Lipinski definition) is 1. The molecule has 1 atom stereocenters. The molecule has 2 fully saturated rings. The molecule has 0 aliphatic carbocycles. The number of carbonyl (C=O) groups is 2. The van der Waals surface area contributed by atoms with Gasteiger partial charge < -0.3 is 19.6 Å². The van der Waals surface area contributed by atoms with Crippen molar-refractivity contribution in [1.29, 1.82) is 0 Å². The summed E-state index contributed by atoms with van der Waals surface area (Å²) >= 11 is 12.6. The fraction of sp³-hybridized carbons (Fsp3) is 0.548. The number of piperidine rings is 2. The van der Waals surface area contributed by atoms with E-state index in [1.165, 1.54) is 11.9 Å². The van der Waals surface area contributed by atoms with Gasteiger partial charge in [0, 0.05) is 66.0 Å². The van der Waals surface area contributed by atoms with Crippen molar-refractivity contribution in [2.24, 2.45) is 0 Å². The third-order valence-electron chi connectivity index (χ3n) is 9.24. The predicted molar refractivity (Wildman–Crippen MR) is 159 cm³/mol. The maximum Gasteiger partial charge on any atom is 0.283 e. The molecule has 2 amide bonds. The van der Waals surface area contributed by atoms with E-state index in [2.05, 4.69) is 5.32 Å². The average molecular weight is 629 g/mol. The largest absolute Gasteiger partial charge is 0.343 e. The number of hydrogen-bond acceptors (Lipinski definition) is 3. The molecular weight excluding hydrogens is 588 g/mol. The molecule has 0 spiro atoms. The smallest absolute Gasteiger partial charge is 0.283 e. The lowest BCUT2D eigenvalue weighted by Crippen LogP contribution is -2.74. The summed E-state index contributed by atoms with van der Waals surface area (Å²) in [5.74, 6) is -5.38. The number of amides is 2. The van der Waals surface area contributed by atoms with Crippen LogP contribution in [0.15, 0.2) is 30.3 Å².